The second kappa shape index (κ2) is 9.97. The van der Waals surface area contributed by atoms with Crippen molar-refractivity contribution in [3.63, 3.8) is 0 Å². The number of rotatable bonds is 6. The zero-order chi connectivity index (χ0) is 25.2. The number of hydrogen-bond donors (Lipinski definition) is 1. The van der Waals surface area contributed by atoms with Gasteiger partial charge in [0.1, 0.15) is 11.5 Å². The van der Waals surface area contributed by atoms with Gasteiger partial charge >= 0.3 is 18.1 Å². The van der Waals surface area contributed by atoms with E-state index in [0.717, 1.165) is 18.2 Å². The minimum absolute atomic E-state index is 0.0217. The van der Waals surface area contributed by atoms with E-state index in [9.17, 15) is 22.8 Å². The molecule has 0 fully saturated rings. The van der Waals surface area contributed by atoms with E-state index in [-0.39, 0.29) is 46.5 Å². The predicted octanol–water partition coefficient (Wildman–Crippen LogP) is 5.98. The monoisotopic (exact) mass is 497 g/mol. The normalized spacial score (nSPS) is 14.8. The van der Waals surface area contributed by atoms with Gasteiger partial charge in [-0.2, -0.15) is 13.2 Å². The summed E-state index contributed by atoms with van der Waals surface area (Å²) in [5.41, 5.74) is 0.289. The number of furan rings is 1. The van der Waals surface area contributed by atoms with E-state index in [1.54, 1.807) is 27.7 Å². The second-order valence-electron chi connectivity index (χ2n) is 7.47. The summed E-state index contributed by atoms with van der Waals surface area (Å²) in [6.07, 6.45) is -4.57. The summed E-state index contributed by atoms with van der Waals surface area (Å²) in [4.78, 5) is 25.7. The molecule has 1 aliphatic heterocycles. The third-order valence-corrected chi connectivity index (χ3v) is 5.55. The average molecular weight is 498 g/mol. The van der Waals surface area contributed by atoms with Crippen molar-refractivity contribution in [2.24, 2.45) is 0 Å². The van der Waals surface area contributed by atoms with Gasteiger partial charge in [0, 0.05) is 17.0 Å². The standard InChI is InChI=1S/C24H23ClF3NO5/c1-5-32-22(30)19-12(3)29-13(4)20(23(31)33-6-2)21(19)18-10-9-17(34-18)15-11-14(24(26,27)28)7-8-16(15)25/h7-11,21,29H,5-6H2,1-4H3. The summed E-state index contributed by atoms with van der Waals surface area (Å²) in [6, 6.07) is 5.82. The Morgan fingerprint density at radius 2 is 1.56 bits per heavy atom. The van der Waals surface area contributed by atoms with Gasteiger partial charge < -0.3 is 19.2 Å². The zero-order valence-electron chi connectivity index (χ0n) is 18.9. The highest BCUT2D eigenvalue weighted by Gasteiger charge is 2.40. The van der Waals surface area contributed by atoms with Crippen molar-refractivity contribution in [2.75, 3.05) is 13.2 Å². The number of hydrogen-bond acceptors (Lipinski definition) is 6. The average Bonchev–Trinajstić information content (AvgIpc) is 3.22. The van der Waals surface area contributed by atoms with Crippen molar-refractivity contribution in [3.8, 4) is 11.3 Å². The van der Waals surface area contributed by atoms with Crippen LogP contribution in [0, 0.1) is 0 Å². The molecule has 0 bridgehead atoms. The van der Waals surface area contributed by atoms with Crippen molar-refractivity contribution in [2.45, 2.75) is 39.8 Å². The minimum Gasteiger partial charge on any atom is -0.463 e. The fourth-order valence-corrected chi connectivity index (χ4v) is 3.99. The topological polar surface area (TPSA) is 77.8 Å². The molecule has 10 heteroatoms. The Hall–Kier alpha value is -3.20. The number of dihydropyridines is 1. The quantitative estimate of drug-likeness (QED) is 0.495. The Labute approximate surface area is 199 Å². The molecule has 182 valence electrons. The van der Waals surface area contributed by atoms with Gasteiger partial charge in [-0.15, -0.1) is 0 Å². The fourth-order valence-electron chi connectivity index (χ4n) is 3.78. The maximum atomic E-state index is 13.2. The van der Waals surface area contributed by atoms with Crippen LogP contribution >= 0.6 is 11.6 Å². The van der Waals surface area contributed by atoms with E-state index in [1.165, 1.54) is 12.1 Å². The fraction of sp³-hybridized carbons (Fsp3) is 0.333. The number of ether oxygens (including phenoxy) is 2. The summed E-state index contributed by atoms with van der Waals surface area (Å²) < 4.78 is 56.0. The van der Waals surface area contributed by atoms with Crippen molar-refractivity contribution in [1.82, 2.24) is 5.32 Å². The molecule has 3 rings (SSSR count). The highest BCUT2D eigenvalue weighted by molar-refractivity contribution is 6.33. The summed E-state index contributed by atoms with van der Waals surface area (Å²) in [5.74, 6) is -2.14. The Bertz CT molecular complexity index is 1140. The highest BCUT2D eigenvalue weighted by Crippen LogP contribution is 2.42. The summed E-state index contributed by atoms with van der Waals surface area (Å²) >= 11 is 6.16. The van der Waals surface area contributed by atoms with Gasteiger partial charge in [-0.25, -0.2) is 9.59 Å². The van der Waals surface area contributed by atoms with Crippen LogP contribution in [0.15, 0.2) is 57.3 Å². The molecular formula is C24H23ClF3NO5. The molecule has 1 N–H and O–H groups in total. The number of nitrogens with one attached hydrogen (secondary N) is 1. The maximum absolute atomic E-state index is 13.2. The first-order valence-corrected chi connectivity index (χ1v) is 10.9. The Kier molecular flexibility index (Phi) is 7.45. The summed E-state index contributed by atoms with van der Waals surface area (Å²) in [6.45, 7) is 6.79. The number of alkyl halides is 3. The van der Waals surface area contributed by atoms with Gasteiger partial charge in [0.05, 0.1) is 40.9 Å². The van der Waals surface area contributed by atoms with Crippen LogP contribution < -0.4 is 5.32 Å². The van der Waals surface area contributed by atoms with Crippen LogP contribution in [0.2, 0.25) is 5.02 Å². The highest BCUT2D eigenvalue weighted by atomic mass is 35.5. The molecule has 1 aromatic heterocycles. The van der Waals surface area contributed by atoms with E-state index < -0.39 is 29.6 Å². The Balaban J connectivity index is 2.16. The van der Waals surface area contributed by atoms with Crippen LogP contribution in [-0.2, 0) is 25.2 Å². The molecule has 34 heavy (non-hydrogen) atoms. The van der Waals surface area contributed by atoms with E-state index in [0.29, 0.717) is 11.4 Å². The van der Waals surface area contributed by atoms with Gasteiger partial charge in [-0.1, -0.05) is 11.6 Å². The first-order chi connectivity index (χ1) is 16.0. The smallest absolute Gasteiger partial charge is 0.416 e. The lowest BCUT2D eigenvalue weighted by Crippen LogP contribution is -2.32. The lowest BCUT2D eigenvalue weighted by molar-refractivity contribution is -0.140. The molecule has 6 nitrogen and oxygen atoms in total. The summed E-state index contributed by atoms with van der Waals surface area (Å²) in [5, 5.41) is 3.05. The molecule has 0 amide bonds. The van der Waals surface area contributed by atoms with Gasteiger partial charge in [-0.05, 0) is 58.0 Å². The molecule has 2 aromatic rings. The molecule has 0 aliphatic carbocycles. The number of benzene rings is 1. The molecule has 1 aromatic carbocycles. The van der Waals surface area contributed by atoms with Crippen molar-refractivity contribution in [1.29, 1.82) is 0 Å². The maximum Gasteiger partial charge on any atom is 0.416 e. The summed E-state index contributed by atoms with van der Waals surface area (Å²) in [7, 11) is 0. The van der Waals surface area contributed by atoms with Crippen molar-refractivity contribution < 1.29 is 36.7 Å². The van der Waals surface area contributed by atoms with Crippen LogP contribution in [0.25, 0.3) is 11.3 Å². The van der Waals surface area contributed by atoms with Gasteiger partial charge in [-0.3, -0.25) is 0 Å². The Morgan fingerprint density at radius 1 is 1.00 bits per heavy atom. The van der Waals surface area contributed by atoms with E-state index >= 15 is 0 Å². The van der Waals surface area contributed by atoms with E-state index in [2.05, 4.69) is 5.32 Å². The van der Waals surface area contributed by atoms with Crippen LogP contribution in [0.3, 0.4) is 0 Å². The Morgan fingerprint density at radius 3 is 2.06 bits per heavy atom. The molecule has 0 saturated carbocycles. The molecular weight excluding hydrogens is 475 g/mol. The van der Waals surface area contributed by atoms with E-state index in [1.807, 2.05) is 0 Å². The number of carbonyl (C=O) groups is 2. The third kappa shape index (κ3) is 4.99. The van der Waals surface area contributed by atoms with Crippen LogP contribution in [0.4, 0.5) is 13.2 Å². The first kappa shape index (κ1) is 25.4. The number of halogens is 4. The lowest BCUT2D eigenvalue weighted by Gasteiger charge is -2.29. The van der Waals surface area contributed by atoms with Crippen molar-refractivity contribution in [3.05, 3.63) is 69.2 Å². The SMILES string of the molecule is CCOC(=O)C1=C(C)NC(C)=C(C(=O)OCC)C1c1ccc(-c2cc(C(F)(F)F)ccc2Cl)o1. The van der Waals surface area contributed by atoms with Crippen molar-refractivity contribution >= 4 is 23.5 Å². The number of esters is 2. The second-order valence-corrected chi connectivity index (χ2v) is 7.88. The van der Waals surface area contributed by atoms with Gasteiger partial charge in [0.25, 0.3) is 0 Å². The van der Waals surface area contributed by atoms with E-state index in [4.69, 9.17) is 25.5 Å². The van der Waals surface area contributed by atoms with Gasteiger partial charge in [0.2, 0.25) is 0 Å². The molecule has 0 radical (unpaired) electrons. The predicted molar refractivity (Wildman–Crippen MR) is 119 cm³/mol. The van der Waals surface area contributed by atoms with Crippen LogP contribution in [-0.4, -0.2) is 25.2 Å². The minimum atomic E-state index is -4.57. The molecule has 0 saturated heterocycles. The molecule has 0 atom stereocenters. The molecule has 0 unspecified atom stereocenters. The molecule has 2 heterocycles. The number of allylic oxidation sites excluding steroid dienone is 2. The molecule has 0 spiro atoms. The lowest BCUT2D eigenvalue weighted by atomic mass is 9.83. The third-order valence-electron chi connectivity index (χ3n) is 5.22. The van der Waals surface area contributed by atoms with Crippen LogP contribution in [0.1, 0.15) is 44.9 Å². The van der Waals surface area contributed by atoms with Crippen LogP contribution in [0.5, 0.6) is 0 Å². The first-order valence-electron chi connectivity index (χ1n) is 10.5. The number of carbonyl (C=O) groups excluding carboxylic acids is 2. The largest absolute Gasteiger partial charge is 0.463 e. The zero-order valence-corrected chi connectivity index (χ0v) is 19.7. The van der Waals surface area contributed by atoms with Gasteiger partial charge in [0.15, 0.2) is 0 Å². The molecule has 1 aliphatic rings.